The molecule has 2 aliphatic heterocycles. The first-order chi connectivity index (χ1) is 14.8. The first-order valence-corrected chi connectivity index (χ1v) is 14.4. The molecule has 4 N–H and O–H groups in total. The fraction of sp³-hybridized carbons (Fsp3) is 0.880. The maximum atomic E-state index is 11.5. The molecule has 2 saturated heterocycles. The minimum Gasteiger partial charge on any atom is -0.324 e. The smallest absolute Gasteiger partial charge is 0.237 e. The molecule has 1 amide bonds. The molecule has 190 valence electrons. The highest BCUT2D eigenvalue weighted by molar-refractivity contribution is 8.21. The predicted octanol–water partition coefficient (Wildman–Crippen LogP) is 7.13. The molecule has 2 aliphatic rings. The number of rotatable bonds is 4. The first-order valence-electron chi connectivity index (χ1n) is 12.4. The van der Waals surface area contributed by atoms with E-state index >= 15 is 0 Å². The number of thioether (sulfide) groups is 2. The van der Waals surface area contributed by atoms with E-state index in [1.54, 1.807) is 4.90 Å². The highest BCUT2D eigenvalue weighted by Gasteiger charge is 2.47. The molecule has 0 aromatic rings. The molecule has 2 rings (SSSR count). The molecule has 0 unspecified atom stereocenters. The van der Waals surface area contributed by atoms with Crippen LogP contribution >= 0.6 is 23.5 Å². The van der Waals surface area contributed by atoms with E-state index in [4.69, 9.17) is 11.5 Å². The molecule has 0 aromatic heterocycles. The summed E-state index contributed by atoms with van der Waals surface area (Å²) in [7, 11) is 0. The van der Waals surface area contributed by atoms with Gasteiger partial charge < -0.3 is 16.4 Å². The highest BCUT2D eigenvalue weighted by Crippen LogP contribution is 2.50. The average molecular weight is 480 g/mol. The van der Waals surface area contributed by atoms with Crippen molar-refractivity contribution in [2.75, 3.05) is 24.6 Å². The van der Waals surface area contributed by atoms with E-state index in [1.165, 1.54) is 30.8 Å². The molecule has 4 nitrogen and oxygen atoms in total. The fourth-order valence-electron chi connectivity index (χ4n) is 2.17. The number of hydrogen-bond donors (Lipinski definition) is 2. The Bertz CT molecular complexity index is 374. The van der Waals surface area contributed by atoms with Crippen molar-refractivity contribution in [1.82, 2.24) is 4.90 Å². The van der Waals surface area contributed by atoms with Crippen molar-refractivity contribution in [3.63, 3.8) is 0 Å². The third-order valence-electron chi connectivity index (χ3n) is 3.95. The summed E-state index contributed by atoms with van der Waals surface area (Å²) in [6.45, 7) is 25.4. The number of amides is 1. The van der Waals surface area contributed by atoms with Gasteiger partial charge in [0.2, 0.25) is 5.91 Å². The first kappa shape index (κ1) is 38.1. The van der Waals surface area contributed by atoms with E-state index in [0.29, 0.717) is 0 Å². The van der Waals surface area contributed by atoms with E-state index in [9.17, 15) is 4.79 Å². The Morgan fingerprint density at radius 2 is 1.55 bits per heavy atom. The topological polar surface area (TPSA) is 72.4 Å². The molecular formula is C25H57N3OS2. The molecule has 2 heterocycles. The summed E-state index contributed by atoms with van der Waals surface area (Å²) in [5.74, 6) is 3.20. The van der Waals surface area contributed by atoms with Gasteiger partial charge in [-0.3, -0.25) is 4.79 Å². The molecule has 0 aromatic carbocycles. The van der Waals surface area contributed by atoms with E-state index in [1.807, 2.05) is 57.3 Å². The molecule has 1 atom stereocenters. The number of hydrogen-bond acceptors (Lipinski definition) is 5. The van der Waals surface area contributed by atoms with Crippen molar-refractivity contribution in [2.24, 2.45) is 17.4 Å². The summed E-state index contributed by atoms with van der Waals surface area (Å²) in [5, 5.41) is 0. The monoisotopic (exact) mass is 479 g/mol. The van der Waals surface area contributed by atoms with Gasteiger partial charge in [0, 0.05) is 24.5 Å². The van der Waals surface area contributed by atoms with Gasteiger partial charge in [0.15, 0.2) is 0 Å². The quantitative estimate of drug-likeness (QED) is 0.419. The molecule has 0 aliphatic carbocycles. The highest BCUT2D eigenvalue weighted by atomic mass is 32.2. The van der Waals surface area contributed by atoms with Crippen LogP contribution in [0, 0.1) is 5.92 Å². The lowest BCUT2D eigenvalue weighted by Crippen LogP contribution is -2.44. The zero-order valence-electron chi connectivity index (χ0n) is 22.6. The fourth-order valence-corrected chi connectivity index (χ4v) is 5.45. The van der Waals surface area contributed by atoms with E-state index in [-0.39, 0.29) is 22.7 Å². The summed E-state index contributed by atoms with van der Waals surface area (Å²) in [4.78, 5) is 13.2. The maximum absolute atomic E-state index is 11.5. The van der Waals surface area contributed by atoms with Crippen LogP contribution in [0.3, 0.4) is 0 Å². The Labute approximate surface area is 205 Å². The van der Waals surface area contributed by atoms with Crippen LogP contribution in [-0.4, -0.2) is 45.6 Å². The van der Waals surface area contributed by atoms with Crippen LogP contribution in [-0.2, 0) is 4.79 Å². The number of unbranched alkanes of at least 4 members (excludes halogenated alkanes) is 1. The van der Waals surface area contributed by atoms with Gasteiger partial charge >= 0.3 is 0 Å². The van der Waals surface area contributed by atoms with Crippen LogP contribution in [0.2, 0.25) is 0 Å². The Balaban J connectivity index is -0.000000180. The van der Waals surface area contributed by atoms with Gasteiger partial charge in [0.05, 0.1) is 16.8 Å². The summed E-state index contributed by atoms with van der Waals surface area (Å²) in [5.41, 5.74) is 11.3. The van der Waals surface area contributed by atoms with Crippen LogP contribution in [0.4, 0.5) is 0 Å². The van der Waals surface area contributed by atoms with E-state index in [2.05, 4.69) is 48.1 Å². The summed E-state index contributed by atoms with van der Waals surface area (Å²) in [6.07, 6.45) is 7.63. The zero-order valence-corrected chi connectivity index (χ0v) is 24.3. The van der Waals surface area contributed by atoms with Crippen LogP contribution in [0.25, 0.3) is 0 Å². The standard InChI is InChI=1S/C8H15N3OS2.C5H12.C5H10.C3H8.2C2H6/c9-4-7(12)11-5-8(3-6(11)10)13-1-2-14-8;1-4-5(2)3;1-3-5-4-2;1-3-2;2*1-2/h6H,1-5,9-10H2;5H,4H2,1-3H3;3H,1,4-5H2,2H3;3H2,1-2H3;2*1-2H3/t6-;;;;;/m0...../s1. The SMILES string of the molecule is C=CCCC.CC.CC.CCC.CCC(C)C.NCC(=O)N1CC2(C[C@H]1N)SCCS2. The second kappa shape index (κ2) is 27.9. The average Bonchev–Trinajstić information content (AvgIpc) is 3.38. The van der Waals surface area contributed by atoms with Crippen molar-refractivity contribution in [3.8, 4) is 0 Å². The Morgan fingerprint density at radius 1 is 1.13 bits per heavy atom. The lowest BCUT2D eigenvalue weighted by Gasteiger charge is -2.22. The minimum atomic E-state index is -0.135. The summed E-state index contributed by atoms with van der Waals surface area (Å²) in [6, 6.07) is 0. The second-order valence-corrected chi connectivity index (χ2v) is 10.4. The Kier molecular flexibility index (Phi) is 34.3. The lowest BCUT2D eigenvalue weighted by atomic mass is 10.2. The molecule has 6 heteroatoms. The number of likely N-dealkylation sites (tertiary alicyclic amines) is 1. The molecule has 0 radical (unpaired) electrons. The molecule has 1 spiro atoms. The molecular weight excluding hydrogens is 422 g/mol. The molecule has 2 fully saturated rings. The Morgan fingerprint density at radius 3 is 1.81 bits per heavy atom. The minimum absolute atomic E-state index is 0.0255. The molecule has 0 saturated carbocycles. The normalized spacial score (nSPS) is 17.3. The Hall–Kier alpha value is -0.170. The maximum Gasteiger partial charge on any atom is 0.237 e. The van der Waals surface area contributed by atoms with Gasteiger partial charge in [-0.25, -0.2) is 0 Å². The number of nitrogens with zero attached hydrogens (tertiary/aromatic N) is 1. The van der Waals surface area contributed by atoms with E-state index < -0.39 is 0 Å². The van der Waals surface area contributed by atoms with E-state index in [0.717, 1.165) is 25.3 Å². The number of carbonyl (C=O) groups is 1. The van der Waals surface area contributed by atoms with Gasteiger partial charge in [-0.2, -0.15) is 0 Å². The van der Waals surface area contributed by atoms with Gasteiger partial charge in [0.1, 0.15) is 0 Å². The van der Waals surface area contributed by atoms with Crippen LogP contribution < -0.4 is 11.5 Å². The van der Waals surface area contributed by atoms with Gasteiger partial charge in [-0.1, -0.05) is 94.6 Å². The number of allylic oxidation sites excluding steroid dienone is 1. The van der Waals surface area contributed by atoms with Gasteiger partial charge in [-0.05, 0) is 12.3 Å². The van der Waals surface area contributed by atoms with Crippen molar-refractivity contribution in [1.29, 1.82) is 0 Å². The third-order valence-corrected chi connectivity index (χ3v) is 7.38. The molecule has 0 bridgehead atoms. The number of nitrogens with two attached hydrogens (primary N) is 2. The summed E-state index contributed by atoms with van der Waals surface area (Å²) >= 11 is 3.87. The van der Waals surface area contributed by atoms with Crippen molar-refractivity contribution < 1.29 is 4.79 Å². The molecule has 31 heavy (non-hydrogen) atoms. The van der Waals surface area contributed by atoms with Crippen molar-refractivity contribution in [2.45, 2.75) is 112 Å². The van der Waals surface area contributed by atoms with Gasteiger partial charge in [0.25, 0.3) is 0 Å². The van der Waals surface area contributed by atoms with Crippen molar-refractivity contribution in [3.05, 3.63) is 12.7 Å². The van der Waals surface area contributed by atoms with Crippen LogP contribution in [0.5, 0.6) is 0 Å². The van der Waals surface area contributed by atoms with Crippen LogP contribution in [0.1, 0.15) is 101 Å². The lowest BCUT2D eigenvalue weighted by molar-refractivity contribution is -0.130. The third kappa shape index (κ3) is 21.4. The zero-order chi connectivity index (χ0) is 25.3. The number of carbonyl (C=O) groups excluding carboxylic acids is 1. The summed E-state index contributed by atoms with van der Waals surface area (Å²) < 4.78 is 0.171. The van der Waals surface area contributed by atoms with Crippen molar-refractivity contribution >= 4 is 29.4 Å². The second-order valence-electron chi connectivity index (χ2n) is 7.19. The van der Waals surface area contributed by atoms with Crippen LogP contribution in [0.15, 0.2) is 12.7 Å². The van der Waals surface area contributed by atoms with Gasteiger partial charge in [-0.15, -0.1) is 30.1 Å². The largest absolute Gasteiger partial charge is 0.324 e. The predicted molar refractivity (Wildman–Crippen MR) is 150 cm³/mol.